The number of nitriles is 1. The quantitative estimate of drug-likeness (QED) is 0.599. The highest BCUT2D eigenvalue weighted by atomic mass is 79.9. The minimum Gasteiger partial charge on any atom is -0.493 e. The van der Waals surface area contributed by atoms with E-state index >= 15 is 0 Å². The van der Waals surface area contributed by atoms with E-state index in [4.69, 9.17) is 4.74 Å². The van der Waals surface area contributed by atoms with Crippen LogP contribution < -0.4 is 10.1 Å². The van der Waals surface area contributed by atoms with Crippen LogP contribution in [0.15, 0.2) is 52.5 Å². The molecule has 0 saturated carbocycles. The molecule has 0 atom stereocenters. The average Bonchev–Trinajstić information content (AvgIpc) is 2.57. The van der Waals surface area contributed by atoms with E-state index in [0.717, 1.165) is 10.0 Å². The van der Waals surface area contributed by atoms with Gasteiger partial charge in [0, 0.05) is 15.7 Å². The van der Waals surface area contributed by atoms with Crippen molar-refractivity contribution < 1.29 is 9.53 Å². The molecule has 0 spiro atoms. The molecule has 0 unspecified atom stereocenters. The molecule has 24 heavy (non-hydrogen) atoms. The predicted octanol–water partition coefficient (Wildman–Crippen LogP) is 4.70. The molecular formula is C19H17BrN2O2. The van der Waals surface area contributed by atoms with Gasteiger partial charge >= 0.3 is 0 Å². The summed E-state index contributed by atoms with van der Waals surface area (Å²) in [6.45, 7) is 4.35. The molecule has 0 aliphatic heterocycles. The van der Waals surface area contributed by atoms with E-state index in [-0.39, 0.29) is 5.57 Å². The summed E-state index contributed by atoms with van der Waals surface area (Å²) in [6, 6.07) is 14.8. The third-order valence-electron chi connectivity index (χ3n) is 3.25. The highest BCUT2D eigenvalue weighted by Crippen LogP contribution is 2.26. The van der Waals surface area contributed by atoms with Gasteiger partial charge in [-0.05, 0) is 50.3 Å². The molecule has 0 aliphatic rings. The van der Waals surface area contributed by atoms with E-state index in [1.165, 1.54) is 6.08 Å². The molecule has 0 saturated heterocycles. The SMILES string of the molecule is CCOc1ccc(Br)cc1/C=C(/C#N)C(=O)Nc1ccc(C)cc1. The fourth-order valence-electron chi connectivity index (χ4n) is 2.06. The summed E-state index contributed by atoms with van der Waals surface area (Å²) in [4.78, 5) is 12.3. The number of benzene rings is 2. The van der Waals surface area contributed by atoms with Crippen molar-refractivity contribution in [3.63, 3.8) is 0 Å². The minimum absolute atomic E-state index is 0.00891. The summed E-state index contributed by atoms with van der Waals surface area (Å²) in [5.41, 5.74) is 2.42. The number of nitrogens with zero attached hydrogens (tertiary/aromatic N) is 1. The lowest BCUT2D eigenvalue weighted by atomic mass is 10.1. The molecule has 0 heterocycles. The van der Waals surface area contributed by atoms with Crippen LogP contribution in [0.4, 0.5) is 5.69 Å². The summed E-state index contributed by atoms with van der Waals surface area (Å²) in [7, 11) is 0. The number of halogens is 1. The Morgan fingerprint density at radius 3 is 2.62 bits per heavy atom. The fourth-order valence-corrected chi connectivity index (χ4v) is 2.44. The van der Waals surface area contributed by atoms with E-state index < -0.39 is 5.91 Å². The van der Waals surface area contributed by atoms with Crippen molar-refractivity contribution in [2.45, 2.75) is 13.8 Å². The molecule has 0 aliphatic carbocycles. The van der Waals surface area contributed by atoms with Crippen LogP contribution in [-0.2, 0) is 4.79 Å². The number of anilines is 1. The molecule has 5 heteroatoms. The molecule has 2 rings (SSSR count). The Bertz CT molecular complexity index is 805. The van der Waals surface area contributed by atoms with Gasteiger partial charge in [-0.25, -0.2) is 0 Å². The maximum Gasteiger partial charge on any atom is 0.266 e. The van der Waals surface area contributed by atoms with Crippen molar-refractivity contribution in [1.29, 1.82) is 5.26 Å². The second-order valence-corrected chi connectivity index (χ2v) is 6.02. The number of amides is 1. The van der Waals surface area contributed by atoms with Gasteiger partial charge < -0.3 is 10.1 Å². The Kier molecular flexibility index (Phi) is 6.16. The van der Waals surface area contributed by atoms with Gasteiger partial charge in [-0.1, -0.05) is 33.6 Å². The van der Waals surface area contributed by atoms with Crippen LogP contribution in [0.5, 0.6) is 5.75 Å². The largest absolute Gasteiger partial charge is 0.493 e. The monoisotopic (exact) mass is 384 g/mol. The van der Waals surface area contributed by atoms with Gasteiger partial charge in [0.15, 0.2) is 0 Å². The molecule has 2 aromatic rings. The molecule has 4 nitrogen and oxygen atoms in total. The first kappa shape index (κ1) is 17.8. The van der Waals surface area contributed by atoms with Crippen molar-refractivity contribution in [3.05, 3.63) is 63.6 Å². The maximum absolute atomic E-state index is 12.3. The van der Waals surface area contributed by atoms with Crippen LogP contribution in [0.1, 0.15) is 18.1 Å². The number of carbonyl (C=O) groups excluding carboxylic acids is 1. The zero-order valence-corrected chi connectivity index (χ0v) is 15.1. The molecule has 0 aromatic heterocycles. The topological polar surface area (TPSA) is 62.1 Å². The summed E-state index contributed by atoms with van der Waals surface area (Å²) < 4.78 is 6.38. The van der Waals surface area contributed by atoms with Crippen LogP contribution in [0.3, 0.4) is 0 Å². The van der Waals surface area contributed by atoms with Gasteiger partial charge in [-0.3, -0.25) is 4.79 Å². The van der Waals surface area contributed by atoms with Crippen LogP contribution >= 0.6 is 15.9 Å². The number of nitrogens with one attached hydrogen (secondary N) is 1. The fraction of sp³-hybridized carbons (Fsp3) is 0.158. The average molecular weight is 385 g/mol. The number of aryl methyl sites for hydroxylation is 1. The third-order valence-corrected chi connectivity index (χ3v) is 3.74. The Morgan fingerprint density at radius 1 is 1.29 bits per heavy atom. The maximum atomic E-state index is 12.3. The lowest BCUT2D eigenvalue weighted by Gasteiger charge is -2.09. The number of hydrogen-bond acceptors (Lipinski definition) is 3. The number of rotatable bonds is 5. The standard InChI is InChI=1S/C19H17BrN2O2/c1-3-24-18-9-6-16(20)11-14(18)10-15(12-21)19(23)22-17-7-4-13(2)5-8-17/h4-11H,3H2,1-2H3,(H,22,23)/b15-10-. The first-order valence-corrected chi connectivity index (χ1v) is 8.25. The van der Waals surface area contributed by atoms with Gasteiger partial charge in [0.25, 0.3) is 5.91 Å². The zero-order valence-electron chi connectivity index (χ0n) is 13.5. The van der Waals surface area contributed by atoms with Crippen molar-refractivity contribution in [3.8, 4) is 11.8 Å². The Labute approximate surface area is 149 Å². The van der Waals surface area contributed by atoms with E-state index in [1.807, 2.05) is 44.2 Å². The van der Waals surface area contributed by atoms with Gasteiger partial charge in [0.1, 0.15) is 17.4 Å². The smallest absolute Gasteiger partial charge is 0.266 e. The second-order valence-electron chi connectivity index (χ2n) is 5.11. The highest BCUT2D eigenvalue weighted by molar-refractivity contribution is 9.10. The Morgan fingerprint density at radius 2 is 2.00 bits per heavy atom. The normalized spacial score (nSPS) is 10.8. The first-order valence-electron chi connectivity index (χ1n) is 7.45. The van der Waals surface area contributed by atoms with E-state index in [0.29, 0.717) is 23.6 Å². The molecule has 0 bridgehead atoms. The molecular weight excluding hydrogens is 368 g/mol. The zero-order chi connectivity index (χ0) is 17.5. The first-order chi connectivity index (χ1) is 11.5. The van der Waals surface area contributed by atoms with Crippen molar-refractivity contribution in [2.24, 2.45) is 0 Å². The van der Waals surface area contributed by atoms with Crippen LogP contribution in [-0.4, -0.2) is 12.5 Å². The van der Waals surface area contributed by atoms with E-state index in [1.54, 1.807) is 18.2 Å². The minimum atomic E-state index is -0.455. The van der Waals surface area contributed by atoms with Gasteiger partial charge in [-0.15, -0.1) is 0 Å². The van der Waals surface area contributed by atoms with Gasteiger partial charge in [-0.2, -0.15) is 5.26 Å². The van der Waals surface area contributed by atoms with Crippen LogP contribution in [0, 0.1) is 18.3 Å². The Hall–Kier alpha value is -2.58. The van der Waals surface area contributed by atoms with Crippen molar-refractivity contribution >= 4 is 33.6 Å². The molecule has 2 aromatic carbocycles. The number of carbonyl (C=O) groups is 1. The molecule has 1 amide bonds. The number of hydrogen-bond donors (Lipinski definition) is 1. The van der Waals surface area contributed by atoms with Crippen molar-refractivity contribution in [1.82, 2.24) is 0 Å². The van der Waals surface area contributed by atoms with E-state index in [9.17, 15) is 10.1 Å². The summed E-state index contributed by atoms with van der Waals surface area (Å²) in [5.74, 6) is 0.167. The molecule has 1 N–H and O–H groups in total. The highest BCUT2D eigenvalue weighted by Gasteiger charge is 2.11. The predicted molar refractivity (Wildman–Crippen MR) is 98.7 cm³/mol. The second kappa shape index (κ2) is 8.32. The molecule has 122 valence electrons. The molecule has 0 radical (unpaired) electrons. The third kappa shape index (κ3) is 4.71. The lowest BCUT2D eigenvalue weighted by Crippen LogP contribution is -2.13. The Balaban J connectivity index is 2.28. The van der Waals surface area contributed by atoms with Gasteiger partial charge in [0.2, 0.25) is 0 Å². The van der Waals surface area contributed by atoms with Crippen LogP contribution in [0.2, 0.25) is 0 Å². The molecule has 0 fully saturated rings. The van der Waals surface area contributed by atoms with Gasteiger partial charge in [0.05, 0.1) is 6.61 Å². The lowest BCUT2D eigenvalue weighted by molar-refractivity contribution is -0.112. The van der Waals surface area contributed by atoms with E-state index in [2.05, 4.69) is 21.2 Å². The number of ether oxygens (including phenoxy) is 1. The van der Waals surface area contributed by atoms with Crippen molar-refractivity contribution in [2.75, 3.05) is 11.9 Å². The summed E-state index contributed by atoms with van der Waals surface area (Å²) in [5, 5.41) is 12.1. The summed E-state index contributed by atoms with van der Waals surface area (Å²) >= 11 is 3.39. The summed E-state index contributed by atoms with van der Waals surface area (Å²) in [6.07, 6.45) is 1.53. The van der Waals surface area contributed by atoms with Crippen LogP contribution in [0.25, 0.3) is 6.08 Å².